The van der Waals surface area contributed by atoms with Gasteiger partial charge in [0.2, 0.25) is 0 Å². The summed E-state index contributed by atoms with van der Waals surface area (Å²) < 4.78 is 4.22. The van der Waals surface area contributed by atoms with Gasteiger partial charge in [0.1, 0.15) is 5.82 Å². The van der Waals surface area contributed by atoms with E-state index in [0.29, 0.717) is 17.5 Å². The Morgan fingerprint density at radius 1 is 1.24 bits per heavy atom. The first-order valence-corrected chi connectivity index (χ1v) is 9.52. The van der Waals surface area contributed by atoms with E-state index in [1.807, 2.05) is 28.9 Å². The van der Waals surface area contributed by atoms with Crippen LogP contribution >= 0.6 is 0 Å². The third-order valence-electron chi connectivity index (χ3n) is 5.73. The highest BCUT2D eigenvalue weighted by molar-refractivity contribution is 5.93. The SMILES string of the molecule is CCn1cc(C(=O)N2CCCC(n3c(C)cnc3C3CCC3)C2)cn1. The summed E-state index contributed by atoms with van der Waals surface area (Å²) in [5.41, 5.74) is 1.92. The lowest BCUT2D eigenvalue weighted by molar-refractivity contribution is 0.0675. The van der Waals surface area contributed by atoms with Gasteiger partial charge in [-0.3, -0.25) is 9.48 Å². The fraction of sp³-hybridized carbons (Fsp3) is 0.632. The molecule has 0 bridgehead atoms. The topological polar surface area (TPSA) is 56.0 Å². The van der Waals surface area contributed by atoms with Gasteiger partial charge in [-0.05, 0) is 39.5 Å². The molecule has 1 aliphatic carbocycles. The molecule has 1 saturated heterocycles. The molecule has 6 heteroatoms. The van der Waals surface area contributed by atoms with Gasteiger partial charge < -0.3 is 9.47 Å². The van der Waals surface area contributed by atoms with Gasteiger partial charge in [0.05, 0.1) is 17.8 Å². The van der Waals surface area contributed by atoms with Crippen molar-refractivity contribution in [3.63, 3.8) is 0 Å². The number of carbonyl (C=O) groups is 1. The van der Waals surface area contributed by atoms with Crippen LogP contribution < -0.4 is 0 Å². The Balaban J connectivity index is 1.53. The maximum atomic E-state index is 12.9. The molecule has 0 N–H and O–H groups in total. The third-order valence-corrected chi connectivity index (χ3v) is 5.73. The maximum absolute atomic E-state index is 12.9. The fourth-order valence-electron chi connectivity index (χ4n) is 4.09. The minimum absolute atomic E-state index is 0.104. The van der Waals surface area contributed by atoms with Gasteiger partial charge in [-0.25, -0.2) is 4.98 Å². The van der Waals surface area contributed by atoms with E-state index in [4.69, 9.17) is 4.98 Å². The summed E-state index contributed by atoms with van der Waals surface area (Å²) in [5, 5.41) is 4.24. The van der Waals surface area contributed by atoms with Crippen molar-refractivity contribution in [2.24, 2.45) is 0 Å². The standard InChI is InChI=1S/C19H27N5O/c1-3-23-12-16(11-21-23)19(25)22-9-5-8-17(13-22)24-14(2)10-20-18(24)15-6-4-7-15/h10-12,15,17H,3-9,13H2,1-2H3. The summed E-state index contributed by atoms with van der Waals surface area (Å²) in [6.07, 6.45) is 11.5. The Morgan fingerprint density at radius 3 is 2.76 bits per heavy atom. The van der Waals surface area contributed by atoms with Crippen LogP contribution in [-0.2, 0) is 6.54 Å². The first kappa shape index (κ1) is 16.4. The van der Waals surface area contributed by atoms with E-state index >= 15 is 0 Å². The number of nitrogens with zero attached hydrogens (tertiary/aromatic N) is 5. The number of hydrogen-bond donors (Lipinski definition) is 0. The maximum Gasteiger partial charge on any atom is 0.257 e. The number of amides is 1. The Kier molecular flexibility index (Phi) is 4.36. The molecule has 2 aromatic heterocycles. The molecule has 2 fully saturated rings. The lowest BCUT2D eigenvalue weighted by Crippen LogP contribution is -2.41. The van der Waals surface area contributed by atoms with Crippen molar-refractivity contribution in [2.75, 3.05) is 13.1 Å². The molecule has 1 saturated carbocycles. The molecule has 0 spiro atoms. The lowest BCUT2D eigenvalue weighted by atomic mass is 9.84. The summed E-state index contributed by atoms with van der Waals surface area (Å²) in [6, 6.07) is 0.344. The van der Waals surface area contributed by atoms with Gasteiger partial charge in [-0.2, -0.15) is 5.10 Å². The summed E-state index contributed by atoms with van der Waals surface area (Å²) in [6.45, 7) is 6.56. The van der Waals surface area contributed by atoms with Crippen LogP contribution in [0.1, 0.15) is 72.9 Å². The van der Waals surface area contributed by atoms with Crippen LogP contribution in [0.15, 0.2) is 18.6 Å². The average molecular weight is 341 g/mol. The zero-order chi connectivity index (χ0) is 17.4. The molecule has 4 rings (SSSR count). The van der Waals surface area contributed by atoms with Gasteiger partial charge in [0.25, 0.3) is 5.91 Å². The number of piperidine rings is 1. The smallest absolute Gasteiger partial charge is 0.257 e. The Labute approximate surface area is 148 Å². The molecule has 25 heavy (non-hydrogen) atoms. The van der Waals surface area contributed by atoms with Crippen LogP contribution in [0, 0.1) is 6.92 Å². The van der Waals surface area contributed by atoms with Gasteiger partial charge >= 0.3 is 0 Å². The summed E-state index contributed by atoms with van der Waals surface area (Å²) in [7, 11) is 0. The van der Waals surface area contributed by atoms with Gasteiger partial charge in [-0.15, -0.1) is 0 Å². The number of carbonyl (C=O) groups excluding carboxylic acids is 1. The molecule has 6 nitrogen and oxygen atoms in total. The zero-order valence-corrected chi connectivity index (χ0v) is 15.2. The molecule has 1 aliphatic heterocycles. The van der Waals surface area contributed by atoms with Crippen LogP contribution in [0.4, 0.5) is 0 Å². The molecular weight excluding hydrogens is 314 g/mol. The summed E-state index contributed by atoms with van der Waals surface area (Å²) >= 11 is 0. The predicted molar refractivity (Wildman–Crippen MR) is 95.6 cm³/mol. The summed E-state index contributed by atoms with van der Waals surface area (Å²) in [5.74, 6) is 1.96. The largest absolute Gasteiger partial charge is 0.336 e. The van der Waals surface area contributed by atoms with Crippen molar-refractivity contribution in [2.45, 2.75) is 64.5 Å². The van der Waals surface area contributed by atoms with Crippen LogP contribution in [0.5, 0.6) is 0 Å². The first-order chi connectivity index (χ1) is 12.2. The molecule has 1 unspecified atom stereocenters. The van der Waals surface area contributed by atoms with Crippen molar-refractivity contribution in [1.82, 2.24) is 24.2 Å². The van der Waals surface area contributed by atoms with E-state index in [2.05, 4.69) is 16.6 Å². The molecule has 0 radical (unpaired) electrons. The molecular formula is C19H27N5O. The molecule has 2 aromatic rings. The molecule has 0 aromatic carbocycles. The normalized spacial score (nSPS) is 21.4. The Morgan fingerprint density at radius 2 is 2.08 bits per heavy atom. The average Bonchev–Trinajstić information content (AvgIpc) is 3.20. The minimum atomic E-state index is 0.104. The molecule has 1 amide bonds. The van der Waals surface area contributed by atoms with Crippen LogP contribution in [0.2, 0.25) is 0 Å². The van der Waals surface area contributed by atoms with Crippen LogP contribution in [-0.4, -0.2) is 43.2 Å². The minimum Gasteiger partial charge on any atom is -0.336 e. The highest BCUT2D eigenvalue weighted by Gasteiger charge is 2.31. The number of imidazole rings is 1. The van der Waals surface area contributed by atoms with Gasteiger partial charge in [0, 0.05) is 43.6 Å². The van der Waals surface area contributed by atoms with Crippen molar-refractivity contribution in [3.05, 3.63) is 35.7 Å². The first-order valence-electron chi connectivity index (χ1n) is 9.52. The summed E-state index contributed by atoms with van der Waals surface area (Å²) in [4.78, 5) is 19.6. The van der Waals surface area contributed by atoms with Gasteiger partial charge in [0.15, 0.2) is 0 Å². The number of likely N-dealkylation sites (tertiary alicyclic amines) is 1. The van der Waals surface area contributed by atoms with Crippen molar-refractivity contribution in [3.8, 4) is 0 Å². The fourth-order valence-corrected chi connectivity index (χ4v) is 4.09. The monoisotopic (exact) mass is 341 g/mol. The third kappa shape index (κ3) is 2.98. The van der Waals surface area contributed by atoms with Crippen molar-refractivity contribution < 1.29 is 4.79 Å². The highest BCUT2D eigenvalue weighted by Crippen LogP contribution is 2.38. The number of rotatable bonds is 4. The zero-order valence-electron chi connectivity index (χ0n) is 15.2. The lowest BCUT2D eigenvalue weighted by Gasteiger charge is -2.36. The predicted octanol–water partition coefficient (Wildman–Crippen LogP) is 3.15. The van der Waals surface area contributed by atoms with E-state index in [-0.39, 0.29) is 5.91 Å². The number of hydrogen-bond acceptors (Lipinski definition) is 3. The van der Waals surface area contributed by atoms with E-state index < -0.39 is 0 Å². The molecule has 1 atom stereocenters. The second-order valence-electron chi connectivity index (χ2n) is 7.39. The van der Waals surface area contributed by atoms with Crippen LogP contribution in [0.3, 0.4) is 0 Å². The number of aromatic nitrogens is 4. The quantitative estimate of drug-likeness (QED) is 0.858. The molecule has 2 aliphatic rings. The second-order valence-corrected chi connectivity index (χ2v) is 7.39. The number of aryl methyl sites for hydroxylation is 2. The highest BCUT2D eigenvalue weighted by atomic mass is 16.2. The van der Waals surface area contributed by atoms with E-state index in [9.17, 15) is 4.79 Å². The van der Waals surface area contributed by atoms with Crippen molar-refractivity contribution in [1.29, 1.82) is 0 Å². The van der Waals surface area contributed by atoms with Gasteiger partial charge in [-0.1, -0.05) is 6.42 Å². The van der Waals surface area contributed by atoms with Crippen LogP contribution in [0.25, 0.3) is 0 Å². The van der Waals surface area contributed by atoms with E-state index in [0.717, 1.165) is 32.5 Å². The molecule has 3 heterocycles. The van der Waals surface area contributed by atoms with E-state index in [1.165, 1.54) is 30.8 Å². The molecule has 134 valence electrons. The Hall–Kier alpha value is -2.11. The van der Waals surface area contributed by atoms with E-state index in [1.54, 1.807) is 6.20 Å². The second kappa shape index (κ2) is 6.65. The Bertz CT molecular complexity index is 758. The van der Waals surface area contributed by atoms with Crippen molar-refractivity contribution >= 4 is 5.91 Å².